The van der Waals surface area contributed by atoms with E-state index in [-0.39, 0.29) is 11.5 Å². The smallest absolute Gasteiger partial charge is 0.161 e. The second kappa shape index (κ2) is 5.38. The SMILES string of the molecule is CN1CCC(CNCc2cccc(O)c2O)C1. The van der Waals surface area contributed by atoms with Gasteiger partial charge in [-0.3, -0.25) is 0 Å². The van der Waals surface area contributed by atoms with Crippen LogP contribution < -0.4 is 5.32 Å². The zero-order valence-corrected chi connectivity index (χ0v) is 10.2. The number of hydrogen-bond donors (Lipinski definition) is 3. The molecule has 0 spiro atoms. The van der Waals surface area contributed by atoms with E-state index < -0.39 is 0 Å². The Morgan fingerprint density at radius 2 is 2.24 bits per heavy atom. The molecule has 94 valence electrons. The van der Waals surface area contributed by atoms with Crippen LogP contribution in [0.1, 0.15) is 12.0 Å². The summed E-state index contributed by atoms with van der Waals surface area (Å²) in [6.07, 6.45) is 1.23. The third kappa shape index (κ3) is 3.11. The number of nitrogens with zero attached hydrogens (tertiary/aromatic N) is 1. The van der Waals surface area contributed by atoms with Crippen LogP contribution in [0.5, 0.6) is 11.5 Å². The van der Waals surface area contributed by atoms with Gasteiger partial charge in [0.15, 0.2) is 11.5 Å². The van der Waals surface area contributed by atoms with E-state index in [1.54, 1.807) is 6.07 Å². The standard InChI is InChI=1S/C13H20N2O2/c1-15-6-5-10(9-15)7-14-8-11-3-2-4-12(16)13(11)17/h2-4,10,14,16-17H,5-9H2,1H3. The summed E-state index contributed by atoms with van der Waals surface area (Å²) in [6, 6.07) is 5.06. The molecule has 0 bridgehead atoms. The maximum Gasteiger partial charge on any atom is 0.161 e. The van der Waals surface area contributed by atoms with Crippen LogP contribution in [0.25, 0.3) is 0 Å². The van der Waals surface area contributed by atoms with Gasteiger partial charge in [-0.1, -0.05) is 12.1 Å². The summed E-state index contributed by atoms with van der Waals surface area (Å²) in [6.45, 7) is 3.86. The normalized spacial score (nSPS) is 20.9. The molecule has 17 heavy (non-hydrogen) atoms. The predicted octanol–water partition coefficient (Wildman–Crippen LogP) is 1.14. The number of nitrogens with one attached hydrogen (secondary N) is 1. The number of aromatic hydroxyl groups is 2. The summed E-state index contributed by atoms with van der Waals surface area (Å²) < 4.78 is 0. The minimum Gasteiger partial charge on any atom is -0.504 e. The molecule has 1 aromatic rings. The van der Waals surface area contributed by atoms with Crippen LogP contribution in [0.4, 0.5) is 0 Å². The van der Waals surface area contributed by atoms with Crippen molar-refractivity contribution in [1.29, 1.82) is 0 Å². The Balaban J connectivity index is 1.80. The molecule has 1 heterocycles. The molecule has 4 heteroatoms. The molecular formula is C13H20N2O2. The molecule has 1 unspecified atom stereocenters. The van der Waals surface area contributed by atoms with Crippen molar-refractivity contribution >= 4 is 0 Å². The maximum atomic E-state index is 9.63. The fraction of sp³-hybridized carbons (Fsp3) is 0.538. The van der Waals surface area contributed by atoms with Crippen molar-refractivity contribution in [3.8, 4) is 11.5 Å². The van der Waals surface area contributed by atoms with Crippen LogP contribution in [0.3, 0.4) is 0 Å². The number of phenolic OH excluding ortho intramolecular Hbond substituents is 2. The molecule has 4 nitrogen and oxygen atoms in total. The highest BCUT2D eigenvalue weighted by Gasteiger charge is 2.18. The van der Waals surface area contributed by atoms with Gasteiger partial charge in [0, 0.05) is 18.7 Å². The van der Waals surface area contributed by atoms with E-state index in [1.807, 2.05) is 6.07 Å². The highest BCUT2D eigenvalue weighted by molar-refractivity contribution is 5.44. The van der Waals surface area contributed by atoms with E-state index in [1.165, 1.54) is 19.0 Å². The molecule has 1 aliphatic heterocycles. The minimum absolute atomic E-state index is 0.0106. The van der Waals surface area contributed by atoms with Crippen molar-refractivity contribution in [2.75, 3.05) is 26.7 Å². The molecular weight excluding hydrogens is 216 g/mol. The first-order chi connectivity index (χ1) is 8.16. The Morgan fingerprint density at radius 1 is 1.41 bits per heavy atom. The van der Waals surface area contributed by atoms with Gasteiger partial charge in [-0.2, -0.15) is 0 Å². The lowest BCUT2D eigenvalue weighted by atomic mass is 10.1. The molecule has 0 amide bonds. The van der Waals surface area contributed by atoms with E-state index in [9.17, 15) is 10.2 Å². The fourth-order valence-corrected chi connectivity index (χ4v) is 2.32. The van der Waals surface area contributed by atoms with Crippen LogP contribution in [-0.4, -0.2) is 41.8 Å². The lowest BCUT2D eigenvalue weighted by Crippen LogP contribution is -2.24. The van der Waals surface area contributed by atoms with E-state index in [2.05, 4.69) is 17.3 Å². The summed E-state index contributed by atoms with van der Waals surface area (Å²) in [5, 5.41) is 22.3. The molecule has 2 rings (SSSR count). The average Bonchev–Trinajstić information content (AvgIpc) is 2.70. The van der Waals surface area contributed by atoms with Gasteiger partial charge in [0.25, 0.3) is 0 Å². The van der Waals surface area contributed by atoms with Crippen molar-refractivity contribution in [1.82, 2.24) is 10.2 Å². The van der Waals surface area contributed by atoms with Crippen molar-refractivity contribution in [3.05, 3.63) is 23.8 Å². The van der Waals surface area contributed by atoms with E-state index in [0.717, 1.165) is 18.7 Å². The lowest BCUT2D eigenvalue weighted by Gasteiger charge is -2.12. The molecule has 0 aliphatic carbocycles. The van der Waals surface area contributed by atoms with Gasteiger partial charge < -0.3 is 20.4 Å². The van der Waals surface area contributed by atoms with Gasteiger partial charge in [-0.25, -0.2) is 0 Å². The quantitative estimate of drug-likeness (QED) is 0.686. The summed E-state index contributed by atoms with van der Waals surface area (Å²) in [5.41, 5.74) is 0.747. The van der Waals surface area contributed by atoms with E-state index >= 15 is 0 Å². The van der Waals surface area contributed by atoms with Crippen molar-refractivity contribution in [2.24, 2.45) is 5.92 Å². The first-order valence-corrected chi connectivity index (χ1v) is 6.06. The number of hydrogen-bond acceptors (Lipinski definition) is 4. The number of likely N-dealkylation sites (tertiary alicyclic amines) is 1. The molecule has 3 N–H and O–H groups in total. The average molecular weight is 236 g/mol. The van der Waals surface area contributed by atoms with Gasteiger partial charge in [0.05, 0.1) is 0 Å². The Labute approximate surface area is 102 Å². The Hall–Kier alpha value is -1.26. The zero-order valence-electron chi connectivity index (χ0n) is 10.2. The van der Waals surface area contributed by atoms with Crippen LogP contribution in [-0.2, 0) is 6.54 Å². The fourth-order valence-electron chi connectivity index (χ4n) is 2.32. The van der Waals surface area contributed by atoms with Gasteiger partial charge in [-0.15, -0.1) is 0 Å². The third-order valence-corrected chi connectivity index (χ3v) is 3.34. The van der Waals surface area contributed by atoms with Crippen LogP contribution in [0, 0.1) is 5.92 Å². The van der Waals surface area contributed by atoms with E-state index in [4.69, 9.17) is 0 Å². The Kier molecular flexibility index (Phi) is 3.86. The summed E-state index contributed by atoms with van der Waals surface area (Å²) in [4.78, 5) is 2.33. The number of para-hydroxylation sites is 1. The number of phenols is 2. The van der Waals surface area contributed by atoms with Gasteiger partial charge in [-0.05, 0) is 38.5 Å². The van der Waals surface area contributed by atoms with Crippen molar-refractivity contribution in [3.63, 3.8) is 0 Å². The second-order valence-corrected chi connectivity index (χ2v) is 4.83. The molecule has 0 aromatic heterocycles. The first-order valence-electron chi connectivity index (χ1n) is 6.06. The summed E-state index contributed by atoms with van der Waals surface area (Å²) in [7, 11) is 2.14. The highest BCUT2D eigenvalue weighted by Crippen LogP contribution is 2.27. The number of benzene rings is 1. The van der Waals surface area contributed by atoms with Crippen LogP contribution in [0.15, 0.2) is 18.2 Å². The largest absolute Gasteiger partial charge is 0.504 e. The van der Waals surface area contributed by atoms with Gasteiger partial charge >= 0.3 is 0 Å². The first kappa shape index (κ1) is 12.2. The molecule has 0 saturated carbocycles. The molecule has 1 fully saturated rings. The monoisotopic (exact) mass is 236 g/mol. The van der Waals surface area contributed by atoms with Crippen molar-refractivity contribution < 1.29 is 10.2 Å². The zero-order chi connectivity index (χ0) is 12.3. The van der Waals surface area contributed by atoms with E-state index in [0.29, 0.717) is 12.5 Å². The number of rotatable bonds is 4. The van der Waals surface area contributed by atoms with Gasteiger partial charge in [0.1, 0.15) is 0 Å². The molecule has 1 saturated heterocycles. The topological polar surface area (TPSA) is 55.7 Å². The Morgan fingerprint density at radius 3 is 2.94 bits per heavy atom. The maximum absolute atomic E-state index is 9.63. The van der Waals surface area contributed by atoms with Crippen LogP contribution in [0.2, 0.25) is 0 Å². The van der Waals surface area contributed by atoms with Gasteiger partial charge in [0.2, 0.25) is 0 Å². The summed E-state index contributed by atoms with van der Waals surface area (Å²) in [5.74, 6) is 0.632. The molecule has 1 aliphatic rings. The Bertz CT molecular complexity index is 382. The second-order valence-electron chi connectivity index (χ2n) is 4.83. The third-order valence-electron chi connectivity index (χ3n) is 3.34. The molecule has 1 atom stereocenters. The summed E-state index contributed by atoms with van der Waals surface area (Å²) >= 11 is 0. The molecule has 1 aromatic carbocycles. The molecule has 0 radical (unpaired) electrons. The predicted molar refractivity (Wildman–Crippen MR) is 67.1 cm³/mol. The minimum atomic E-state index is -0.0510. The van der Waals surface area contributed by atoms with Crippen molar-refractivity contribution in [2.45, 2.75) is 13.0 Å². The highest BCUT2D eigenvalue weighted by atomic mass is 16.3. The van der Waals surface area contributed by atoms with Crippen LogP contribution >= 0.6 is 0 Å². The lowest BCUT2D eigenvalue weighted by molar-refractivity contribution is 0.384.